The zero-order valence-corrected chi connectivity index (χ0v) is 16.4. The molecule has 0 spiro atoms. The van der Waals surface area contributed by atoms with Crippen LogP contribution in [0.15, 0.2) is 54.6 Å². The molecular weight excluding hydrogens is 354 g/mol. The zero-order valence-electron chi connectivity index (χ0n) is 16.4. The highest BCUT2D eigenvalue weighted by Crippen LogP contribution is 2.26. The van der Waals surface area contributed by atoms with E-state index in [0.717, 1.165) is 25.7 Å². The third kappa shape index (κ3) is 6.36. The second-order valence-corrected chi connectivity index (χ2v) is 7.22. The molecule has 1 aliphatic carbocycles. The molecule has 1 N–H and O–H groups in total. The third-order valence-corrected chi connectivity index (χ3v) is 5.13. The number of ether oxygens (including phenoxy) is 3. The van der Waals surface area contributed by atoms with Gasteiger partial charge in [0.15, 0.2) is 6.79 Å². The number of carbonyl (C=O) groups is 1. The van der Waals surface area contributed by atoms with Crippen molar-refractivity contribution in [2.75, 3.05) is 20.4 Å². The van der Waals surface area contributed by atoms with Crippen LogP contribution < -0.4 is 10.1 Å². The first-order valence-electron chi connectivity index (χ1n) is 9.90. The van der Waals surface area contributed by atoms with Crippen LogP contribution >= 0.6 is 0 Å². The predicted octanol–water partition coefficient (Wildman–Crippen LogP) is 4.17. The second kappa shape index (κ2) is 10.8. The third-order valence-electron chi connectivity index (χ3n) is 5.13. The Morgan fingerprint density at radius 2 is 1.71 bits per heavy atom. The first-order chi connectivity index (χ1) is 13.7. The van der Waals surface area contributed by atoms with E-state index in [1.165, 1.54) is 5.56 Å². The zero-order chi connectivity index (χ0) is 19.6. The van der Waals surface area contributed by atoms with Gasteiger partial charge in [0.1, 0.15) is 5.75 Å². The van der Waals surface area contributed by atoms with Crippen molar-refractivity contribution in [2.24, 2.45) is 5.92 Å². The van der Waals surface area contributed by atoms with E-state index in [4.69, 9.17) is 14.2 Å². The van der Waals surface area contributed by atoms with Crippen molar-refractivity contribution < 1.29 is 19.0 Å². The Morgan fingerprint density at radius 1 is 1.00 bits per heavy atom. The fraction of sp³-hybridized carbons (Fsp3) is 0.435. The molecule has 1 aliphatic rings. The number of carbonyl (C=O) groups excluding carboxylic acids is 1. The Balaban J connectivity index is 1.35. The van der Waals surface area contributed by atoms with Gasteiger partial charge < -0.3 is 19.5 Å². The van der Waals surface area contributed by atoms with Crippen LogP contribution in [-0.4, -0.2) is 32.5 Å². The van der Waals surface area contributed by atoms with Crippen LogP contribution in [0.1, 0.15) is 41.6 Å². The van der Waals surface area contributed by atoms with Gasteiger partial charge in [-0.15, -0.1) is 0 Å². The van der Waals surface area contributed by atoms with Crippen LogP contribution in [0.4, 0.5) is 0 Å². The van der Waals surface area contributed by atoms with Gasteiger partial charge in [0.2, 0.25) is 0 Å². The average Bonchev–Trinajstić information content (AvgIpc) is 2.76. The van der Waals surface area contributed by atoms with Crippen LogP contribution in [0.2, 0.25) is 0 Å². The molecule has 1 amide bonds. The summed E-state index contributed by atoms with van der Waals surface area (Å²) in [6.07, 6.45) is 4.61. The lowest BCUT2D eigenvalue weighted by atomic mass is 9.87. The Morgan fingerprint density at radius 3 is 2.39 bits per heavy atom. The maximum Gasteiger partial charge on any atom is 0.251 e. The predicted molar refractivity (Wildman–Crippen MR) is 108 cm³/mol. The van der Waals surface area contributed by atoms with Gasteiger partial charge in [0.25, 0.3) is 5.91 Å². The summed E-state index contributed by atoms with van der Waals surface area (Å²) in [6.45, 7) is 1.59. The van der Waals surface area contributed by atoms with E-state index in [1.807, 2.05) is 18.2 Å². The molecule has 5 heteroatoms. The Labute approximate surface area is 167 Å². The van der Waals surface area contributed by atoms with Gasteiger partial charge in [-0.3, -0.25) is 4.79 Å². The topological polar surface area (TPSA) is 56.8 Å². The van der Waals surface area contributed by atoms with Crippen molar-refractivity contribution in [1.29, 1.82) is 0 Å². The molecule has 0 aromatic heterocycles. The summed E-state index contributed by atoms with van der Waals surface area (Å²) >= 11 is 0. The van der Waals surface area contributed by atoms with E-state index < -0.39 is 0 Å². The van der Waals surface area contributed by atoms with Crippen LogP contribution in [0.5, 0.6) is 5.75 Å². The maximum absolute atomic E-state index is 12.3. The fourth-order valence-electron chi connectivity index (χ4n) is 3.46. The molecule has 0 bridgehead atoms. The first kappa shape index (κ1) is 20.4. The lowest BCUT2D eigenvalue weighted by molar-refractivity contribution is 0.00731. The molecule has 0 saturated heterocycles. The van der Waals surface area contributed by atoms with Gasteiger partial charge in [-0.25, -0.2) is 0 Å². The highest BCUT2D eigenvalue weighted by atomic mass is 16.7. The smallest absolute Gasteiger partial charge is 0.251 e. The molecule has 2 aromatic carbocycles. The van der Waals surface area contributed by atoms with Gasteiger partial charge in [0, 0.05) is 19.2 Å². The van der Waals surface area contributed by atoms with Gasteiger partial charge in [-0.2, -0.15) is 0 Å². The minimum atomic E-state index is -0.0410. The highest BCUT2D eigenvalue weighted by molar-refractivity contribution is 5.94. The minimum Gasteiger partial charge on any atom is -0.468 e. The van der Waals surface area contributed by atoms with Crippen LogP contribution in [-0.2, 0) is 16.1 Å². The van der Waals surface area contributed by atoms with Crippen LogP contribution in [0.25, 0.3) is 0 Å². The van der Waals surface area contributed by atoms with Crippen molar-refractivity contribution in [3.05, 3.63) is 65.7 Å². The lowest BCUT2D eigenvalue weighted by Gasteiger charge is -2.28. The fourth-order valence-corrected chi connectivity index (χ4v) is 3.46. The maximum atomic E-state index is 12.3. The quantitative estimate of drug-likeness (QED) is 0.660. The van der Waals surface area contributed by atoms with E-state index in [1.54, 1.807) is 31.4 Å². The Kier molecular flexibility index (Phi) is 7.88. The van der Waals surface area contributed by atoms with Crippen molar-refractivity contribution in [2.45, 2.75) is 38.4 Å². The van der Waals surface area contributed by atoms with E-state index in [2.05, 4.69) is 17.4 Å². The molecule has 3 rings (SSSR count). The molecule has 28 heavy (non-hydrogen) atoms. The molecule has 150 valence electrons. The van der Waals surface area contributed by atoms with Crippen LogP contribution in [0, 0.1) is 5.92 Å². The monoisotopic (exact) mass is 383 g/mol. The van der Waals surface area contributed by atoms with Gasteiger partial charge >= 0.3 is 0 Å². The molecular formula is C23H29NO4. The number of hydrogen-bond acceptors (Lipinski definition) is 4. The number of methoxy groups -OCH3 is 1. The van der Waals surface area contributed by atoms with E-state index in [0.29, 0.717) is 36.5 Å². The van der Waals surface area contributed by atoms with Gasteiger partial charge in [-0.1, -0.05) is 30.3 Å². The molecule has 0 radical (unpaired) electrons. The van der Waals surface area contributed by atoms with Gasteiger partial charge in [0.05, 0.1) is 12.7 Å². The molecule has 1 saturated carbocycles. The average molecular weight is 383 g/mol. The first-order valence-corrected chi connectivity index (χ1v) is 9.90. The lowest BCUT2D eigenvalue weighted by Crippen LogP contribution is -2.32. The second-order valence-electron chi connectivity index (χ2n) is 7.22. The summed E-state index contributed by atoms with van der Waals surface area (Å²) in [7, 11) is 1.57. The molecule has 0 atom stereocenters. The van der Waals surface area contributed by atoms with E-state index in [9.17, 15) is 4.79 Å². The number of rotatable bonds is 9. The van der Waals surface area contributed by atoms with E-state index >= 15 is 0 Å². The van der Waals surface area contributed by atoms with Crippen LogP contribution in [0.3, 0.4) is 0 Å². The molecule has 5 nitrogen and oxygen atoms in total. The van der Waals surface area contributed by atoms with E-state index in [-0.39, 0.29) is 12.7 Å². The summed E-state index contributed by atoms with van der Waals surface area (Å²) in [5.74, 6) is 1.16. The normalized spacial score (nSPS) is 19.2. The highest BCUT2D eigenvalue weighted by Gasteiger charge is 2.22. The SMILES string of the molecule is COCOc1ccc(C(=O)NCC2CCC(OCc3ccccc3)CC2)cc1. The molecule has 0 heterocycles. The summed E-state index contributed by atoms with van der Waals surface area (Å²) in [5.41, 5.74) is 1.86. The summed E-state index contributed by atoms with van der Waals surface area (Å²) in [4.78, 5) is 12.3. The number of nitrogens with one attached hydrogen (secondary N) is 1. The van der Waals surface area contributed by atoms with Crippen molar-refractivity contribution in [3.63, 3.8) is 0 Å². The Hall–Kier alpha value is -2.37. The molecule has 1 fully saturated rings. The van der Waals surface area contributed by atoms with Crippen molar-refractivity contribution >= 4 is 5.91 Å². The van der Waals surface area contributed by atoms with Crippen molar-refractivity contribution in [1.82, 2.24) is 5.32 Å². The summed E-state index contributed by atoms with van der Waals surface area (Å²) in [5, 5.41) is 3.06. The molecule has 0 aliphatic heterocycles. The number of benzene rings is 2. The van der Waals surface area contributed by atoms with Crippen molar-refractivity contribution in [3.8, 4) is 5.75 Å². The Bertz CT molecular complexity index is 709. The summed E-state index contributed by atoms with van der Waals surface area (Å²) < 4.78 is 16.2. The molecule has 0 unspecified atom stereocenters. The standard InChI is InChI=1S/C23H29NO4/c1-26-17-28-22-13-9-20(10-14-22)23(25)24-15-18-7-11-21(12-8-18)27-16-19-5-3-2-4-6-19/h2-6,9-10,13-14,18,21H,7-8,11-12,15-17H2,1H3,(H,24,25). The summed E-state index contributed by atoms with van der Waals surface area (Å²) in [6, 6.07) is 17.4. The minimum absolute atomic E-state index is 0.0410. The van der Waals surface area contributed by atoms with Gasteiger partial charge in [-0.05, 0) is 61.4 Å². The largest absolute Gasteiger partial charge is 0.468 e. The number of amides is 1. The molecule has 2 aromatic rings. The number of hydrogen-bond donors (Lipinski definition) is 1.